The van der Waals surface area contributed by atoms with Gasteiger partial charge in [0.25, 0.3) is 0 Å². The lowest BCUT2D eigenvalue weighted by Gasteiger charge is -2.06. The molecule has 0 aliphatic carbocycles. The first-order valence-corrected chi connectivity index (χ1v) is 8.54. The van der Waals surface area contributed by atoms with Crippen molar-refractivity contribution in [2.75, 3.05) is 6.61 Å². The molecular formula is C21H18F3NO4. The smallest absolute Gasteiger partial charge is 0.416 e. The third-order valence-electron chi connectivity index (χ3n) is 3.81. The van der Waals surface area contributed by atoms with Gasteiger partial charge in [0.2, 0.25) is 5.91 Å². The summed E-state index contributed by atoms with van der Waals surface area (Å²) >= 11 is 0. The van der Waals surface area contributed by atoms with Gasteiger partial charge in [-0.05, 0) is 29.3 Å². The summed E-state index contributed by atoms with van der Waals surface area (Å²) in [6.07, 6.45) is -2.10. The van der Waals surface area contributed by atoms with Crippen LogP contribution in [0.5, 0.6) is 0 Å². The lowest BCUT2D eigenvalue weighted by molar-refractivity contribution is -0.138. The number of carbonyl (C=O) groups is 3. The van der Waals surface area contributed by atoms with Crippen molar-refractivity contribution >= 4 is 23.7 Å². The third kappa shape index (κ3) is 7.25. The minimum Gasteiger partial charge on any atom is -0.454 e. The number of amides is 1. The van der Waals surface area contributed by atoms with E-state index in [0.29, 0.717) is 17.7 Å². The van der Waals surface area contributed by atoms with E-state index in [2.05, 4.69) is 5.32 Å². The van der Waals surface area contributed by atoms with Crippen LogP contribution in [-0.2, 0) is 27.0 Å². The van der Waals surface area contributed by atoms with E-state index < -0.39 is 30.1 Å². The zero-order chi connectivity index (χ0) is 21.4. The van der Waals surface area contributed by atoms with Crippen LogP contribution in [0.1, 0.15) is 34.0 Å². The van der Waals surface area contributed by atoms with Crippen molar-refractivity contribution in [2.24, 2.45) is 0 Å². The quantitative estimate of drug-likeness (QED) is 0.432. The minimum atomic E-state index is -4.43. The fraction of sp³-hybridized carbons (Fsp3) is 0.190. The van der Waals surface area contributed by atoms with Gasteiger partial charge in [0.15, 0.2) is 12.4 Å². The number of alkyl halides is 3. The molecule has 0 fully saturated rings. The highest BCUT2D eigenvalue weighted by Gasteiger charge is 2.29. The Morgan fingerprint density at radius 2 is 1.62 bits per heavy atom. The van der Waals surface area contributed by atoms with E-state index in [9.17, 15) is 27.6 Å². The Kier molecular flexibility index (Phi) is 7.30. The van der Waals surface area contributed by atoms with E-state index in [1.807, 2.05) is 0 Å². The lowest BCUT2D eigenvalue weighted by Crippen LogP contribution is -2.19. The molecule has 2 aromatic rings. The molecule has 0 atom stereocenters. The Labute approximate surface area is 165 Å². The van der Waals surface area contributed by atoms with Crippen LogP contribution in [0.25, 0.3) is 6.08 Å². The summed E-state index contributed by atoms with van der Waals surface area (Å²) in [5.74, 6) is -1.37. The van der Waals surface area contributed by atoms with Gasteiger partial charge in [-0.1, -0.05) is 36.4 Å². The summed E-state index contributed by atoms with van der Waals surface area (Å²) in [5.41, 5.74) is 0.756. The van der Waals surface area contributed by atoms with Crippen molar-refractivity contribution in [3.8, 4) is 0 Å². The Morgan fingerprint density at radius 3 is 2.17 bits per heavy atom. The first kappa shape index (κ1) is 21.9. The molecule has 0 bridgehead atoms. The number of hydrogen-bond acceptors (Lipinski definition) is 4. The molecule has 0 aromatic heterocycles. The van der Waals surface area contributed by atoms with E-state index in [4.69, 9.17) is 4.74 Å². The molecule has 1 N–H and O–H groups in total. The highest BCUT2D eigenvalue weighted by atomic mass is 19.4. The van der Waals surface area contributed by atoms with Crippen molar-refractivity contribution in [1.82, 2.24) is 5.32 Å². The van der Waals surface area contributed by atoms with E-state index in [1.165, 1.54) is 25.1 Å². The van der Waals surface area contributed by atoms with Gasteiger partial charge < -0.3 is 10.1 Å². The second-order valence-electron chi connectivity index (χ2n) is 6.09. The highest BCUT2D eigenvalue weighted by molar-refractivity contribution is 5.98. The lowest BCUT2D eigenvalue weighted by atomic mass is 10.1. The number of ketones is 1. The van der Waals surface area contributed by atoms with Gasteiger partial charge in [-0.15, -0.1) is 0 Å². The minimum absolute atomic E-state index is 0.165. The molecule has 2 rings (SSSR count). The van der Waals surface area contributed by atoms with Crippen LogP contribution in [0.15, 0.2) is 54.6 Å². The SMILES string of the molecule is CC(=O)NCc1ccc(C(=O)COC(=O)/C=C/c2ccc(C(F)(F)F)cc2)cc1. The first-order chi connectivity index (χ1) is 13.6. The average molecular weight is 405 g/mol. The van der Waals surface area contributed by atoms with E-state index in [0.717, 1.165) is 23.8 Å². The maximum atomic E-state index is 12.5. The number of ether oxygens (including phenoxy) is 1. The fourth-order valence-corrected chi connectivity index (χ4v) is 2.25. The number of benzene rings is 2. The molecule has 0 saturated carbocycles. The van der Waals surface area contributed by atoms with Crippen LogP contribution >= 0.6 is 0 Å². The summed E-state index contributed by atoms with van der Waals surface area (Å²) in [7, 11) is 0. The van der Waals surface area contributed by atoms with Gasteiger partial charge in [-0.25, -0.2) is 4.79 Å². The van der Waals surface area contributed by atoms with Crippen LogP contribution < -0.4 is 5.32 Å². The second-order valence-corrected chi connectivity index (χ2v) is 6.09. The number of rotatable bonds is 7. The summed E-state index contributed by atoms with van der Waals surface area (Å²) < 4.78 is 42.4. The van der Waals surface area contributed by atoms with Crippen molar-refractivity contribution in [2.45, 2.75) is 19.6 Å². The van der Waals surface area contributed by atoms with Crippen molar-refractivity contribution in [1.29, 1.82) is 0 Å². The van der Waals surface area contributed by atoms with Crippen LogP contribution in [-0.4, -0.2) is 24.3 Å². The van der Waals surface area contributed by atoms with Gasteiger partial charge in [-0.3, -0.25) is 9.59 Å². The molecule has 0 spiro atoms. The highest BCUT2D eigenvalue weighted by Crippen LogP contribution is 2.29. The van der Waals surface area contributed by atoms with E-state index >= 15 is 0 Å². The number of Topliss-reactive ketones (excluding diaryl/α,β-unsaturated/α-hetero) is 1. The molecule has 1 amide bonds. The van der Waals surface area contributed by atoms with Gasteiger partial charge >= 0.3 is 12.1 Å². The molecule has 0 aliphatic rings. The molecule has 0 unspecified atom stereocenters. The summed E-state index contributed by atoms with van der Waals surface area (Å²) in [6, 6.07) is 10.7. The zero-order valence-electron chi connectivity index (χ0n) is 15.5. The molecular weight excluding hydrogens is 387 g/mol. The van der Waals surface area contributed by atoms with E-state index in [-0.39, 0.29) is 5.91 Å². The zero-order valence-corrected chi connectivity index (χ0v) is 15.5. The van der Waals surface area contributed by atoms with Crippen LogP contribution in [0, 0.1) is 0 Å². The Bertz CT molecular complexity index is 901. The van der Waals surface area contributed by atoms with Crippen molar-refractivity contribution < 1.29 is 32.3 Å². The topological polar surface area (TPSA) is 72.5 Å². The maximum absolute atomic E-state index is 12.5. The van der Waals surface area contributed by atoms with Crippen LogP contribution in [0.2, 0.25) is 0 Å². The van der Waals surface area contributed by atoms with Gasteiger partial charge in [-0.2, -0.15) is 13.2 Å². The first-order valence-electron chi connectivity index (χ1n) is 8.54. The number of hydrogen-bond donors (Lipinski definition) is 1. The third-order valence-corrected chi connectivity index (χ3v) is 3.81. The number of nitrogens with one attached hydrogen (secondary N) is 1. The van der Waals surface area contributed by atoms with Gasteiger partial charge in [0.05, 0.1) is 5.56 Å². The molecule has 0 heterocycles. The fourth-order valence-electron chi connectivity index (χ4n) is 2.25. The molecule has 2 aromatic carbocycles. The maximum Gasteiger partial charge on any atom is 0.416 e. The Hall–Kier alpha value is -3.42. The molecule has 0 aliphatic heterocycles. The molecule has 29 heavy (non-hydrogen) atoms. The molecule has 5 nitrogen and oxygen atoms in total. The predicted octanol–water partition coefficient (Wildman–Crippen LogP) is 3.78. The summed E-state index contributed by atoms with van der Waals surface area (Å²) in [4.78, 5) is 34.6. The number of esters is 1. The molecule has 0 saturated heterocycles. The molecule has 152 valence electrons. The summed E-state index contributed by atoms with van der Waals surface area (Å²) in [6.45, 7) is 1.27. The van der Waals surface area contributed by atoms with Crippen molar-refractivity contribution in [3.05, 3.63) is 76.9 Å². The van der Waals surface area contributed by atoms with Crippen molar-refractivity contribution in [3.63, 3.8) is 0 Å². The van der Waals surface area contributed by atoms with E-state index in [1.54, 1.807) is 24.3 Å². The standard InChI is InChI=1S/C21H18F3NO4/c1-14(26)25-12-16-2-7-17(8-3-16)19(27)13-29-20(28)11-6-15-4-9-18(10-5-15)21(22,23)24/h2-11H,12-13H2,1H3,(H,25,26)/b11-6+. The molecule has 8 heteroatoms. The summed E-state index contributed by atoms with van der Waals surface area (Å²) in [5, 5.41) is 2.63. The van der Waals surface area contributed by atoms with Crippen LogP contribution in [0.4, 0.5) is 13.2 Å². The largest absolute Gasteiger partial charge is 0.454 e. The normalized spacial score (nSPS) is 11.3. The van der Waals surface area contributed by atoms with Crippen LogP contribution in [0.3, 0.4) is 0 Å². The monoisotopic (exact) mass is 405 g/mol. The Morgan fingerprint density at radius 1 is 1.00 bits per heavy atom. The number of carbonyl (C=O) groups excluding carboxylic acids is 3. The average Bonchev–Trinajstić information content (AvgIpc) is 2.69. The Balaban J connectivity index is 1.84. The number of halogens is 3. The molecule has 0 radical (unpaired) electrons. The predicted molar refractivity (Wildman–Crippen MR) is 99.7 cm³/mol. The second kappa shape index (κ2) is 9.68. The van der Waals surface area contributed by atoms with Gasteiger partial charge in [0.1, 0.15) is 0 Å². The van der Waals surface area contributed by atoms with Gasteiger partial charge in [0, 0.05) is 25.1 Å².